The average Bonchev–Trinajstić information content (AvgIpc) is 2.85. The van der Waals surface area contributed by atoms with E-state index in [4.69, 9.17) is 4.74 Å². The van der Waals surface area contributed by atoms with Gasteiger partial charge in [-0.1, -0.05) is 63.3 Å². The van der Waals surface area contributed by atoms with E-state index < -0.39 is 0 Å². The predicted octanol–water partition coefficient (Wildman–Crippen LogP) is 6.38. The fraction of sp³-hybridized carbons (Fsp3) is 0.517. The zero-order chi connectivity index (χ0) is 24.3. The second-order valence-electron chi connectivity index (χ2n) is 9.47. The van der Waals surface area contributed by atoms with Gasteiger partial charge in [0.2, 0.25) is 0 Å². The summed E-state index contributed by atoms with van der Waals surface area (Å²) in [4.78, 5) is 16.1. The van der Waals surface area contributed by atoms with Crippen molar-refractivity contribution in [1.82, 2.24) is 9.80 Å². The molecule has 0 radical (unpaired) electrons. The number of aryl methyl sites for hydroxylation is 1. The molecule has 2 atom stereocenters. The molecule has 0 aromatic heterocycles. The highest BCUT2D eigenvalue weighted by molar-refractivity contribution is 5.54. The molecule has 0 N–H and O–H groups in total. The number of unbranched alkanes of at least 4 members (excludes halogenated alkanes) is 5. The highest BCUT2D eigenvalue weighted by Gasteiger charge is 2.34. The van der Waals surface area contributed by atoms with Crippen LogP contribution in [0.3, 0.4) is 0 Å². The maximum absolute atomic E-state index is 13.3. The summed E-state index contributed by atoms with van der Waals surface area (Å²) in [6, 6.07) is 14.8. The molecule has 0 unspecified atom stereocenters. The Labute approximate surface area is 204 Å². The molecular formula is C29H39FN2O2. The minimum absolute atomic E-state index is 0.110. The van der Waals surface area contributed by atoms with Crippen molar-refractivity contribution in [3.63, 3.8) is 0 Å². The Morgan fingerprint density at radius 3 is 2.26 bits per heavy atom. The van der Waals surface area contributed by atoms with Crippen LogP contribution in [0.5, 0.6) is 5.75 Å². The topological polar surface area (TPSA) is 32.8 Å². The Kier molecular flexibility index (Phi) is 10.2. The third-order valence-electron chi connectivity index (χ3n) is 6.79. The molecule has 5 heteroatoms. The van der Waals surface area contributed by atoms with Crippen LogP contribution in [0, 0.1) is 5.82 Å². The summed E-state index contributed by atoms with van der Waals surface area (Å²) < 4.78 is 19.3. The van der Waals surface area contributed by atoms with E-state index in [2.05, 4.69) is 41.7 Å². The number of nitrogens with zero attached hydrogens (tertiary/aromatic N) is 2. The molecular weight excluding hydrogens is 427 g/mol. The van der Waals surface area contributed by atoms with Crippen molar-refractivity contribution in [3.05, 3.63) is 71.2 Å². The van der Waals surface area contributed by atoms with Crippen LogP contribution in [0.15, 0.2) is 54.2 Å². The van der Waals surface area contributed by atoms with Gasteiger partial charge in [0, 0.05) is 19.1 Å². The fourth-order valence-corrected chi connectivity index (χ4v) is 4.60. The lowest BCUT2D eigenvalue weighted by molar-refractivity contribution is 0.0286. The zero-order valence-electron chi connectivity index (χ0n) is 20.9. The quantitative estimate of drug-likeness (QED) is 0.269. The number of carbonyl (C=O) groups excluding carboxylic acids is 1. The normalized spacial score (nSPS) is 18.7. The molecule has 1 aliphatic rings. The Morgan fingerprint density at radius 2 is 1.59 bits per heavy atom. The SMILES string of the molecule is CCCCCCCCc1ccc(OCN2C[C@@H](C)N(Cc3ccc(F)cc3)C(=C=O)[C@@H]2C)cc1. The number of hydrogen-bond donors (Lipinski definition) is 0. The molecule has 1 saturated heterocycles. The van der Waals surface area contributed by atoms with Crippen LogP contribution in [0.4, 0.5) is 4.39 Å². The van der Waals surface area contributed by atoms with E-state index >= 15 is 0 Å². The molecule has 1 heterocycles. The Balaban J connectivity index is 1.49. The van der Waals surface area contributed by atoms with E-state index in [9.17, 15) is 9.18 Å². The van der Waals surface area contributed by atoms with E-state index in [1.807, 2.05) is 19.1 Å². The molecule has 0 spiro atoms. The Morgan fingerprint density at radius 1 is 0.941 bits per heavy atom. The first kappa shape index (κ1) is 26.0. The molecule has 2 aromatic carbocycles. The average molecular weight is 467 g/mol. The van der Waals surface area contributed by atoms with Gasteiger partial charge in [-0.15, -0.1) is 0 Å². The lowest BCUT2D eigenvalue weighted by atomic mass is 10.0. The molecule has 0 aliphatic carbocycles. The van der Waals surface area contributed by atoms with Crippen molar-refractivity contribution in [2.24, 2.45) is 0 Å². The lowest BCUT2D eigenvalue weighted by Gasteiger charge is -2.45. The molecule has 2 aromatic rings. The van der Waals surface area contributed by atoms with Gasteiger partial charge >= 0.3 is 0 Å². The first-order valence-electron chi connectivity index (χ1n) is 12.7. The number of rotatable bonds is 12. The summed E-state index contributed by atoms with van der Waals surface area (Å²) in [6.45, 7) is 8.10. The van der Waals surface area contributed by atoms with Crippen molar-refractivity contribution >= 4 is 5.94 Å². The van der Waals surface area contributed by atoms with Gasteiger partial charge in [-0.3, -0.25) is 4.90 Å². The Bertz CT molecular complexity index is 922. The fourth-order valence-electron chi connectivity index (χ4n) is 4.60. The van der Waals surface area contributed by atoms with Crippen LogP contribution in [0.25, 0.3) is 0 Å². The molecule has 3 rings (SSSR count). The number of hydrogen-bond acceptors (Lipinski definition) is 4. The van der Waals surface area contributed by atoms with Gasteiger partial charge < -0.3 is 9.64 Å². The van der Waals surface area contributed by atoms with E-state index in [0.717, 1.165) is 24.3 Å². The van der Waals surface area contributed by atoms with Crippen LogP contribution in [0.2, 0.25) is 0 Å². The zero-order valence-corrected chi connectivity index (χ0v) is 20.9. The highest BCUT2D eigenvalue weighted by Crippen LogP contribution is 2.26. The predicted molar refractivity (Wildman–Crippen MR) is 136 cm³/mol. The summed E-state index contributed by atoms with van der Waals surface area (Å²) in [5, 5.41) is 0. The largest absolute Gasteiger partial charge is 0.478 e. The minimum atomic E-state index is -0.256. The summed E-state index contributed by atoms with van der Waals surface area (Å²) in [7, 11) is 0. The molecule has 1 aliphatic heterocycles. The third-order valence-corrected chi connectivity index (χ3v) is 6.79. The van der Waals surface area contributed by atoms with E-state index in [1.165, 1.54) is 56.2 Å². The standard InChI is InChI=1S/C29H39FN2O2/c1-4-5-6-7-8-9-10-25-13-17-28(18-14-25)34-22-31-19-23(2)32(29(21-33)24(31)3)20-26-11-15-27(30)16-12-26/h11-18,23-24H,4-10,19-20,22H2,1-3H3/t23-,24+/m1/s1. The Hall–Kier alpha value is -2.62. The van der Waals surface area contributed by atoms with Crippen molar-refractivity contribution < 1.29 is 13.9 Å². The van der Waals surface area contributed by atoms with Gasteiger partial charge in [0.1, 0.15) is 29.9 Å². The molecule has 184 valence electrons. The third kappa shape index (κ3) is 7.44. The van der Waals surface area contributed by atoms with Crippen molar-refractivity contribution in [2.75, 3.05) is 13.3 Å². The summed E-state index contributed by atoms with van der Waals surface area (Å²) in [5.41, 5.74) is 2.94. The minimum Gasteiger partial charge on any atom is -0.478 e. The maximum Gasteiger partial charge on any atom is 0.147 e. The van der Waals surface area contributed by atoms with Crippen LogP contribution < -0.4 is 4.74 Å². The van der Waals surface area contributed by atoms with Crippen LogP contribution in [-0.4, -0.2) is 41.1 Å². The number of halogens is 1. The van der Waals surface area contributed by atoms with Gasteiger partial charge in [0.05, 0.1) is 6.04 Å². The van der Waals surface area contributed by atoms with Crippen LogP contribution >= 0.6 is 0 Å². The molecule has 1 fully saturated rings. The number of piperazine rings is 1. The number of benzene rings is 2. The van der Waals surface area contributed by atoms with E-state index in [0.29, 0.717) is 19.0 Å². The summed E-state index contributed by atoms with van der Waals surface area (Å²) >= 11 is 0. The lowest BCUT2D eigenvalue weighted by Crippen LogP contribution is -2.55. The van der Waals surface area contributed by atoms with Gasteiger partial charge in [0.15, 0.2) is 0 Å². The molecule has 0 saturated carbocycles. The smallest absolute Gasteiger partial charge is 0.147 e. The van der Waals surface area contributed by atoms with Gasteiger partial charge in [-0.25, -0.2) is 9.18 Å². The molecule has 0 bridgehead atoms. The molecule has 34 heavy (non-hydrogen) atoms. The first-order chi connectivity index (χ1) is 16.5. The second kappa shape index (κ2) is 13.3. The number of ether oxygens (including phenoxy) is 1. The molecule has 4 nitrogen and oxygen atoms in total. The van der Waals surface area contributed by atoms with Crippen molar-refractivity contribution in [1.29, 1.82) is 0 Å². The second-order valence-corrected chi connectivity index (χ2v) is 9.47. The van der Waals surface area contributed by atoms with Crippen molar-refractivity contribution in [2.45, 2.75) is 84.3 Å². The maximum atomic E-state index is 13.3. The highest BCUT2D eigenvalue weighted by atomic mass is 19.1. The molecule has 0 amide bonds. The summed E-state index contributed by atoms with van der Waals surface area (Å²) in [5.74, 6) is 2.75. The van der Waals surface area contributed by atoms with Crippen LogP contribution in [0.1, 0.15) is 70.4 Å². The van der Waals surface area contributed by atoms with Crippen molar-refractivity contribution in [3.8, 4) is 5.75 Å². The van der Waals surface area contributed by atoms with Crippen LogP contribution in [-0.2, 0) is 17.8 Å². The van der Waals surface area contributed by atoms with E-state index in [1.54, 1.807) is 12.1 Å². The van der Waals surface area contributed by atoms with Gasteiger partial charge in [0.25, 0.3) is 0 Å². The monoisotopic (exact) mass is 466 g/mol. The summed E-state index contributed by atoms with van der Waals surface area (Å²) in [6.07, 6.45) is 8.97. The van der Waals surface area contributed by atoms with Gasteiger partial charge in [-0.2, -0.15) is 0 Å². The first-order valence-corrected chi connectivity index (χ1v) is 12.7. The van der Waals surface area contributed by atoms with Gasteiger partial charge in [-0.05, 0) is 62.1 Å². The van der Waals surface area contributed by atoms with E-state index in [-0.39, 0.29) is 17.9 Å².